The summed E-state index contributed by atoms with van der Waals surface area (Å²) >= 11 is 0. The Labute approximate surface area is 180 Å². The van der Waals surface area contributed by atoms with E-state index in [1.165, 1.54) is 0 Å². The van der Waals surface area contributed by atoms with Gasteiger partial charge in [0.1, 0.15) is 11.3 Å². The molecule has 1 saturated heterocycles. The number of nitrogens with one attached hydrogen (secondary N) is 1. The number of piperazine rings is 1. The van der Waals surface area contributed by atoms with Gasteiger partial charge >= 0.3 is 0 Å². The summed E-state index contributed by atoms with van der Waals surface area (Å²) in [4.78, 5) is 24.8. The highest BCUT2D eigenvalue weighted by Gasteiger charge is 2.18. The minimum atomic E-state index is -0.102. The summed E-state index contributed by atoms with van der Waals surface area (Å²) in [5.41, 5.74) is 6.70. The van der Waals surface area contributed by atoms with E-state index in [1.54, 1.807) is 10.5 Å². The number of aryl methyl sites for hydroxylation is 3. The fourth-order valence-corrected chi connectivity index (χ4v) is 4.39. The number of hydrogen-bond acceptors (Lipinski definition) is 6. The molecule has 0 aromatic carbocycles. The lowest BCUT2D eigenvalue weighted by Gasteiger charge is -2.33. The standard InChI is InChI=1S/C23H27N7O/c1-5-18-21-9-20(27-30(21)12-16(4)25-18)19-10-22(31)29-13-17(8-14(2)23(29)26-19)28-7-6-24-15(3)11-28/h8-10,12-13,15,24H,5-7,11H2,1-4H3/t15-/m1/s1. The Morgan fingerprint density at radius 3 is 2.74 bits per heavy atom. The predicted molar refractivity (Wildman–Crippen MR) is 122 cm³/mol. The van der Waals surface area contributed by atoms with Gasteiger partial charge in [0.2, 0.25) is 0 Å². The van der Waals surface area contributed by atoms with Crippen LogP contribution >= 0.6 is 0 Å². The Morgan fingerprint density at radius 2 is 1.97 bits per heavy atom. The molecule has 4 aromatic heterocycles. The maximum Gasteiger partial charge on any atom is 0.258 e. The van der Waals surface area contributed by atoms with Crippen LogP contribution < -0.4 is 15.8 Å². The maximum absolute atomic E-state index is 13.1. The van der Waals surface area contributed by atoms with Crippen molar-refractivity contribution in [3.05, 3.63) is 57.9 Å². The molecule has 1 fully saturated rings. The van der Waals surface area contributed by atoms with Crippen molar-refractivity contribution in [3.63, 3.8) is 0 Å². The van der Waals surface area contributed by atoms with E-state index in [1.807, 2.05) is 36.8 Å². The zero-order valence-electron chi connectivity index (χ0n) is 18.4. The van der Waals surface area contributed by atoms with E-state index in [0.717, 1.165) is 54.2 Å². The van der Waals surface area contributed by atoms with Gasteiger partial charge in [-0.1, -0.05) is 6.92 Å². The van der Waals surface area contributed by atoms with Crippen molar-refractivity contribution in [2.75, 3.05) is 24.5 Å². The van der Waals surface area contributed by atoms with Crippen molar-refractivity contribution >= 4 is 16.9 Å². The van der Waals surface area contributed by atoms with Crippen molar-refractivity contribution in [2.45, 2.75) is 40.2 Å². The lowest BCUT2D eigenvalue weighted by atomic mass is 10.2. The molecular weight excluding hydrogens is 390 g/mol. The second-order valence-electron chi connectivity index (χ2n) is 8.40. The molecule has 31 heavy (non-hydrogen) atoms. The molecule has 0 aliphatic carbocycles. The van der Waals surface area contributed by atoms with E-state index >= 15 is 0 Å². The summed E-state index contributed by atoms with van der Waals surface area (Å²) in [6.45, 7) is 11.0. The van der Waals surface area contributed by atoms with Gasteiger partial charge in [0.15, 0.2) is 0 Å². The number of rotatable bonds is 3. The average Bonchev–Trinajstić information content (AvgIpc) is 3.17. The third kappa shape index (κ3) is 3.46. The first-order valence-corrected chi connectivity index (χ1v) is 10.8. The second-order valence-corrected chi connectivity index (χ2v) is 8.40. The van der Waals surface area contributed by atoms with Gasteiger partial charge in [0, 0.05) is 37.9 Å². The fraction of sp³-hybridized carbons (Fsp3) is 0.391. The van der Waals surface area contributed by atoms with Crippen molar-refractivity contribution < 1.29 is 0 Å². The molecule has 0 amide bonds. The number of anilines is 1. The Morgan fingerprint density at radius 1 is 1.13 bits per heavy atom. The van der Waals surface area contributed by atoms with Crippen LogP contribution in [-0.4, -0.2) is 49.7 Å². The van der Waals surface area contributed by atoms with Crippen LogP contribution in [0.4, 0.5) is 5.69 Å². The van der Waals surface area contributed by atoms with Gasteiger partial charge < -0.3 is 10.2 Å². The minimum absolute atomic E-state index is 0.102. The van der Waals surface area contributed by atoms with Crippen molar-refractivity contribution in [2.24, 2.45) is 0 Å². The van der Waals surface area contributed by atoms with Gasteiger partial charge in [-0.25, -0.2) is 9.50 Å². The first-order valence-electron chi connectivity index (χ1n) is 10.8. The smallest absolute Gasteiger partial charge is 0.258 e. The molecule has 0 saturated carbocycles. The van der Waals surface area contributed by atoms with Crippen LogP contribution in [0.1, 0.15) is 30.8 Å². The van der Waals surface area contributed by atoms with Gasteiger partial charge in [-0.3, -0.25) is 14.2 Å². The zero-order valence-corrected chi connectivity index (χ0v) is 18.4. The molecule has 1 aliphatic rings. The molecule has 5 rings (SSSR count). The first kappa shape index (κ1) is 19.7. The van der Waals surface area contributed by atoms with Gasteiger partial charge in [0.25, 0.3) is 5.56 Å². The fourth-order valence-electron chi connectivity index (χ4n) is 4.39. The average molecular weight is 418 g/mol. The Balaban J connectivity index is 1.62. The number of nitrogens with zero attached hydrogens (tertiary/aromatic N) is 6. The topological polar surface area (TPSA) is 79.8 Å². The van der Waals surface area contributed by atoms with Crippen LogP contribution in [0, 0.1) is 13.8 Å². The minimum Gasteiger partial charge on any atom is -0.368 e. The van der Waals surface area contributed by atoms with E-state index in [2.05, 4.69) is 40.2 Å². The van der Waals surface area contributed by atoms with Gasteiger partial charge in [-0.15, -0.1) is 0 Å². The van der Waals surface area contributed by atoms with E-state index < -0.39 is 0 Å². The van der Waals surface area contributed by atoms with Crippen LogP contribution in [0.5, 0.6) is 0 Å². The van der Waals surface area contributed by atoms with E-state index in [0.29, 0.717) is 23.1 Å². The summed E-state index contributed by atoms with van der Waals surface area (Å²) in [7, 11) is 0. The number of hydrogen-bond donors (Lipinski definition) is 1. The zero-order chi connectivity index (χ0) is 21.7. The Bertz CT molecular complexity index is 1350. The van der Waals surface area contributed by atoms with E-state index in [4.69, 9.17) is 4.98 Å². The summed E-state index contributed by atoms with van der Waals surface area (Å²) in [5.74, 6) is 0. The summed E-state index contributed by atoms with van der Waals surface area (Å²) in [6.07, 6.45) is 4.63. The molecule has 4 aromatic rings. The predicted octanol–water partition coefficient (Wildman–Crippen LogP) is 2.38. The Hall–Kier alpha value is -3.26. The molecule has 1 N–H and O–H groups in total. The number of pyridine rings is 1. The van der Waals surface area contributed by atoms with Crippen LogP contribution in [0.25, 0.3) is 22.6 Å². The van der Waals surface area contributed by atoms with E-state index in [-0.39, 0.29) is 5.56 Å². The highest BCUT2D eigenvalue weighted by Crippen LogP contribution is 2.23. The van der Waals surface area contributed by atoms with Crippen molar-refractivity contribution in [3.8, 4) is 11.4 Å². The molecule has 8 nitrogen and oxygen atoms in total. The lowest BCUT2D eigenvalue weighted by Crippen LogP contribution is -2.49. The largest absolute Gasteiger partial charge is 0.368 e. The normalized spacial score (nSPS) is 17.0. The van der Waals surface area contributed by atoms with Crippen LogP contribution in [-0.2, 0) is 6.42 Å². The number of aromatic nitrogens is 5. The van der Waals surface area contributed by atoms with Gasteiger partial charge in [-0.2, -0.15) is 5.10 Å². The number of fused-ring (bicyclic) bond motifs is 2. The molecule has 0 spiro atoms. The molecular formula is C23H27N7O. The van der Waals surface area contributed by atoms with Gasteiger partial charge in [0.05, 0.1) is 34.5 Å². The molecule has 0 bridgehead atoms. The first-order chi connectivity index (χ1) is 14.9. The van der Waals surface area contributed by atoms with E-state index in [9.17, 15) is 4.79 Å². The van der Waals surface area contributed by atoms with Crippen molar-refractivity contribution in [1.82, 2.24) is 29.3 Å². The SMILES string of the molecule is CCc1nc(C)cn2nc(-c3cc(=O)n4cc(N5CCN[C@H](C)C5)cc(C)c4n3)cc12. The van der Waals surface area contributed by atoms with Crippen molar-refractivity contribution in [1.29, 1.82) is 0 Å². The molecule has 1 atom stereocenters. The molecule has 160 valence electrons. The summed E-state index contributed by atoms with van der Waals surface area (Å²) in [6, 6.07) is 6.08. The molecule has 1 aliphatic heterocycles. The molecule has 5 heterocycles. The monoisotopic (exact) mass is 417 g/mol. The van der Waals surface area contributed by atoms with Crippen LogP contribution in [0.3, 0.4) is 0 Å². The molecule has 8 heteroatoms. The third-order valence-electron chi connectivity index (χ3n) is 5.91. The molecule has 0 unspecified atom stereocenters. The summed E-state index contributed by atoms with van der Waals surface area (Å²) < 4.78 is 3.49. The molecule has 0 radical (unpaired) electrons. The van der Waals surface area contributed by atoms with Gasteiger partial charge in [-0.05, 0) is 44.9 Å². The quantitative estimate of drug-likeness (QED) is 0.551. The maximum atomic E-state index is 13.1. The third-order valence-corrected chi connectivity index (χ3v) is 5.91. The van der Waals surface area contributed by atoms with Crippen LogP contribution in [0.15, 0.2) is 35.4 Å². The highest BCUT2D eigenvalue weighted by molar-refractivity contribution is 5.67. The Kier molecular flexibility index (Phi) is 4.74. The lowest BCUT2D eigenvalue weighted by molar-refractivity contribution is 0.484. The highest BCUT2D eigenvalue weighted by atomic mass is 16.1. The van der Waals surface area contributed by atoms with Crippen LogP contribution in [0.2, 0.25) is 0 Å². The summed E-state index contributed by atoms with van der Waals surface area (Å²) in [5, 5.41) is 8.14. The second kappa shape index (κ2) is 7.46.